The fourth-order valence-corrected chi connectivity index (χ4v) is 3.59. The summed E-state index contributed by atoms with van der Waals surface area (Å²) in [6, 6.07) is -0.582. The third-order valence-electron chi connectivity index (χ3n) is 4.65. The molecule has 1 saturated carbocycles. The van der Waals surface area contributed by atoms with E-state index in [1.807, 2.05) is 6.92 Å². The van der Waals surface area contributed by atoms with Crippen LogP contribution in [0.15, 0.2) is 0 Å². The molecule has 1 saturated heterocycles. The summed E-state index contributed by atoms with van der Waals surface area (Å²) in [5.41, 5.74) is 0. The van der Waals surface area contributed by atoms with Crippen molar-refractivity contribution in [3.63, 3.8) is 0 Å². The predicted octanol–water partition coefficient (Wildman–Crippen LogP) is 2.67. The van der Waals surface area contributed by atoms with E-state index in [1.165, 1.54) is 32.1 Å². The molecule has 19 heavy (non-hydrogen) atoms. The third kappa shape index (κ3) is 3.48. The van der Waals surface area contributed by atoms with Crippen molar-refractivity contribution in [2.45, 2.75) is 64.3 Å². The van der Waals surface area contributed by atoms with Crippen LogP contribution in [0.1, 0.15) is 58.3 Å². The molecule has 2 rings (SSSR count). The number of carbonyl (C=O) groups is 2. The van der Waals surface area contributed by atoms with Gasteiger partial charge in [0.25, 0.3) is 0 Å². The predicted molar refractivity (Wildman–Crippen MR) is 72.7 cm³/mol. The van der Waals surface area contributed by atoms with Gasteiger partial charge < -0.3 is 10.0 Å². The molecule has 0 bridgehead atoms. The number of likely N-dealkylation sites (tertiary alicyclic amines) is 1. The van der Waals surface area contributed by atoms with Crippen LogP contribution in [-0.2, 0) is 9.59 Å². The molecule has 1 amide bonds. The van der Waals surface area contributed by atoms with Gasteiger partial charge in [-0.2, -0.15) is 0 Å². The molecule has 4 nitrogen and oxygen atoms in total. The zero-order valence-corrected chi connectivity index (χ0v) is 11.8. The maximum absolute atomic E-state index is 12.4. The quantitative estimate of drug-likeness (QED) is 0.852. The smallest absolute Gasteiger partial charge is 0.326 e. The number of carbonyl (C=O) groups excluding carboxylic acids is 1. The van der Waals surface area contributed by atoms with E-state index in [1.54, 1.807) is 4.90 Å². The standard InChI is InChI=1S/C15H25NO3/c1-11(10-12-6-3-2-4-7-12)14(17)16-9-5-8-13(16)15(18)19/h11-13H,2-10H2,1H3,(H,18,19)/t11?,13-/m0/s1. The fraction of sp³-hybridized carbons (Fsp3) is 0.867. The first kappa shape index (κ1) is 14.4. The number of amides is 1. The van der Waals surface area contributed by atoms with Crippen molar-refractivity contribution < 1.29 is 14.7 Å². The summed E-state index contributed by atoms with van der Waals surface area (Å²) in [4.78, 5) is 25.1. The van der Waals surface area contributed by atoms with Crippen LogP contribution in [0.3, 0.4) is 0 Å². The van der Waals surface area contributed by atoms with Gasteiger partial charge in [0, 0.05) is 12.5 Å². The molecule has 1 heterocycles. The second-order valence-electron chi connectivity index (χ2n) is 6.17. The van der Waals surface area contributed by atoms with Gasteiger partial charge in [-0.1, -0.05) is 39.0 Å². The highest BCUT2D eigenvalue weighted by molar-refractivity contribution is 5.85. The molecule has 108 valence electrons. The lowest BCUT2D eigenvalue weighted by Crippen LogP contribution is -2.43. The van der Waals surface area contributed by atoms with E-state index < -0.39 is 12.0 Å². The Morgan fingerprint density at radius 1 is 1.16 bits per heavy atom. The lowest BCUT2D eigenvalue weighted by Gasteiger charge is -2.28. The first-order valence-corrected chi connectivity index (χ1v) is 7.63. The minimum atomic E-state index is -0.851. The van der Waals surface area contributed by atoms with Crippen LogP contribution >= 0.6 is 0 Å². The molecule has 1 aliphatic heterocycles. The van der Waals surface area contributed by atoms with Crippen LogP contribution in [0.5, 0.6) is 0 Å². The van der Waals surface area contributed by atoms with E-state index in [2.05, 4.69) is 0 Å². The van der Waals surface area contributed by atoms with Gasteiger partial charge >= 0.3 is 5.97 Å². The average molecular weight is 267 g/mol. The summed E-state index contributed by atoms with van der Waals surface area (Å²) in [6.07, 6.45) is 8.73. The molecule has 0 aromatic rings. The van der Waals surface area contributed by atoms with Gasteiger partial charge in [0.05, 0.1) is 0 Å². The van der Waals surface area contributed by atoms with E-state index in [4.69, 9.17) is 5.11 Å². The Hall–Kier alpha value is -1.06. The Morgan fingerprint density at radius 2 is 1.84 bits per heavy atom. The van der Waals surface area contributed by atoms with Gasteiger partial charge in [-0.3, -0.25) is 4.79 Å². The minimum absolute atomic E-state index is 0.0250. The van der Waals surface area contributed by atoms with Gasteiger partial charge in [0.1, 0.15) is 6.04 Å². The third-order valence-corrected chi connectivity index (χ3v) is 4.65. The SMILES string of the molecule is CC(CC1CCCCC1)C(=O)N1CCC[C@H]1C(=O)O. The van der Waals surface area contributed by atoms with Crippen molar-refractivity contribution in [1.29, 1.82) is 0 Å². The van der Waals surface area contributed by atoms with Gasteiger partial charge in [-0.05, 0) is 25.2 Å². The highest BCUT2D eigenvalue weighted by atomic mass is 16.4. The molecule has 0 radical (unpaired) electrons. The van der Waals surface area contributed by atoms with Crippen LogP contribution in [0.2, 0.25) is 0 Å². The Bertz CT molecular complexity index is 336. The molecule has 1 aliphatic carbocycles. The van der Waals surface area contributed by atoms with Gasteiger partial charge in [0.15, 0.2) is 0 Å². The Morgan fingerprint density at radius 3 is 2.47 bits per heavy atom. The molecule has 2 aliphatic rings. The van der Waals surface area contributed by atoms with Crippen molar-refractivity contribution in [3.8, 4) is 0 Å². The van der Waals surface area contributed by atoms with Gasteiger partial charge in [-0.15, -0.1) is 0 Å². The second-order valence-corrected chi connectivity index (χ2v) is 6.17. The zero-order valence-electron chi connectivity index (χ0n) is 11.8. The lowest BCUT2D eigenvalue weighted by atomic mass is 9.83. The monoisotopic (exact) mass is 267 g/mol. The van der Waals surface area contributed by atoms with Crippen molar-refractivity contribution in [3.05, 3.63) is 0 Å². The molecular weight excluding hydrogens is 242 g/mol. The van der Waals surface area contributed by atoms with Crippen molar-refractivity contribution in [2.75, 3.05) is 6.54 Å². The number of nitrogens with zero attached hydrogens (tertiary/aromatic N) is 1. The van der Waals surface area contributed by atoms with Gasteiger partial charge in [-0.25, -0.2) is 4.79 Å². The average Bonchev–Trinajstić information content (AvgIpc) is 2.88. The molecule has 2 atom stereocenters. The Balaban J connectivity index is 1.89. The van der Waals surface area contributed by atoms with Crippen molar-refractivity contribution in [2.24, 2.45) is 11.8 Å². The zero-order chi connectivity index (χ0) is 13.8. The molecule has 0 aromatic carbocycles. The Labute approximate surface area is 115 Å². The fourth-order valence-electron chi connectivity index (χ4n) is 3.59. The Kier molecular flexibility index (Phi) is 4.83. The maximum Gasteiger partial charge on any atom is 0.326 e. The van der Waals surface area contributed by atoms with Crippen LogP contribution < -0.4 is 0 Å². The van der Waals surface area contributed by atoms with Gasteiger partial charge in [0.2, 0.25) is 5.91 Å². The highest BCUT2D eigenvalue weighted by Gasteiger charge is 2.36. The summed E-state index contributed by atoms with van der Waals surface area (Å²) in [5, 5.41) is 9.14. The van der Waals surface area contributed by atoms with Crippen molar-refractivity contribution in [1.82, 2.24) is 4.90 Å². The molecule has 0 aromatic heterocycles. The first-order chi connectivity index (χ1) is 9.09. The summed E-state index contributed by atoms with van der Waals surface area (Å²) in [7, 11) is 0. The maximum atomic E-state index is 12.4. The molecule has 1 unspecified atom stereocenters. The number of aliphatic carboxylic acids is 1. The number of carboxylic acids is 1. The summed E-state index contributed by atoms with van der Waals surface area (Å²) in [6.45, 7) is 2.58. The minimum Gasteiger partial charge on any atom is -0.480 e. The number of carboxylic acid groups (broad SMARTS) is 1. The lowest BCUT2D eigenvalue weighted by molar-refractivity contribution is -0.149. The number of hydrogen-bond donors (Lipinski definition) is 1. The molecule has 0 spiro atoms. The summed E-state index contributed by atoms with van der Waals surface area (Å²) < 4.78 is 0. The van der Waals surface area contributed by atoms with E-state index in [0.29, 0.717) is 18.9 Å². The van der Waals surface area contributed by atoms with E-state index in [9.17, 15) is 9.59 Å². The van der Waals surface area contributed by atoms with Crippen LogP contribution in [-0.4, -0.2) is 34.5 Å². The normalized spacial score (nSPS) is 26.4. The molecule has 1 N–H and O–H groups in total. The largest absolute Gasteiger partial charge is 0.480 e. The van der Waals surface area contributed by atoms with E-state index in [-0.39, 0.29) is 11.8 Å². The second kappa shape index (κ2) is 6.40. The summed E-state index contributed by atoms with van der Waals surface area (Å²) in [5.74, 6) is -0.159. The molecular formula is C15H25NO3. The first-order valence-electron chi connectivity index (χ1n) is 7.63. The topological polar surface area (TPSA) is 57.6 Å². The number of rotatable bonds is 4. The summed E-state index contributed by atoms with van der Waals surface area (Å²) >= 11 is 0. The van der Waals surface area contributed by atoms with Crippen LogP contribution in [0.25, 0.3) is 0 Å². The van der Waals surface area contributed by atoms with Crippen molar-refractivity contribution >= 4 is 11.9 Å². The van der Waals surface area contributed by atoms with Crippen LogP contribution in [0.4, 0.5) is 0 Å². The molecule has 2 fully saturated rings. The number of hydrogen-bond acceptors (Lipinski definition) is 2. The molecule has 4 heteroatoms. The van der Waals surface area contributed by atoms with Crippen LogP contribution in [0, 0.1) is 11.8 Å². The van der Waals surface area contributed by atoms with E-state index in [0.717, 1.165) is 12.8 Å². The van der Waals surface area contributed by atoms with E-state index >= 15 is 0 Å². The highest BCUT2D eigenvalue weighted by Crippen LogP contribution is 2.30.